The van der Waals surface area contributed by atoms with Crippen LogP contribution in [0.25, 0.3) is 11.1 Å². The largest absolute Gasteiger partial charge is 0.507 e. The fraction of sp³-hybridized carbons (Fsp3) is 0.500. The van der Waals surface area contributed by atoms with Gasteiger partial charge in [0.25, 0.3) is 0 Å². The lowest BCUT2D eigenvalue weighted by Gasteiger charge is -2.17. The fourth-order valence-electron chi connectivity index (χ4n) is 2.89. The Balaban J connectivity index is 2.08. The molecule has 0 saturated carbocycles. The predicted octanol–water partition coefficient (Wildman–Crippen LogP) is 2.24. The van der Waals surface area contributed by atoms with Crippen LogP contribution in [0, 0.1) is 0 Å². The maximum atomic E-state index is 10.4. The summed E-state index contributed by atoms with van der Waals surface area (Å²) in [6.45, 7) is 8.95. The van der Waals surface area contributed by atoms with Crippen molar-refractivity contribution in [1.82, 2.24) is 10.6 Å². The number of aliphatic hydroxyl groups excluding tert-OH is 2. The van der Waals surface area contributed by atoms with E-state index in [4.69, 9.17) is 9.47 Å². The van der Waals surface area contributed by atoms with Crippen molar-refractivity contribution < 1.29 is 29.9 Å². The Kier molecular flexibility index (Phi) is 10.1. The normalized spacial score (nSPS) is 13.4. The Morgan fingerprint density at radius 2 is 1.06 bits per heavy atom. The molecule has 0 spiro atoms. The first-order chi connectivity index (χ1) is 15.2. The van der Waals surface area contributed by atoms with Gasteiger partial charge in [-0.2, -0.15) is 0 Å². The van der Waals surface area contributed by atoms with Crippen LogP contribution in [0.3, 0.4) is 0 Å². The lowest BCUT2D eigenvalue weighted by molar-refractivity contribution is 0.104. The molecule has 2 aromatic rings. The summed E-state index contributed by atoms with van der Waals surface area (Å²) in [6.07, 6.45) is -1.37. The van der Waals surface area contributed by atoms with E-state index in [1.165, 1.54) is 12.1 Å². The second-order valence-electron chi connectivity index (χ2n) is 8.41. The van der Waals surface area contributed by atoms with Gasteiger partial charge in [-0.25, -0.2) is 0 Å². The molecule has 0 heterocycles. The van der Waals surface area contributed by atoms with Crippen LogP contribution in [0.5, 0.6) is 23.0 Å². The fourth-order valence-corrected chi connectivity index (χ4v) is 2.89. The highest BCUT2D eigenvalue weighted by molar-refractivity contribution is 5.77. The zero-order valence-corrected chi connectivity index (χ0v) is 19.2. The van der Waals surface area contributed by atoms with Crippen molar-refractivity contribution in [2.75, 3.05) is 26.3 Å². The molecule has 0 fully saturated rings. The van der Waals surface area contributed by atoms with Crippen molar-refractivity contribution in [3.63, 3.8) is 0 Å². The van der Waals surface area contributed by atoms with Crippen molar-refractivity contribution in [1.29, 1.82) is 0 Å². The van der Waals surface area contributed by atoms with Gasteiger partial charge in [-0.05, 0) is 36.4 Å². The topological polar surface area (TPSA) is 123 Å². The highest BCUT2D eigenvalue weighted by atomic mass is 16.5. The molecule has 2 aromatic carbocycles. The number of phenols is 2. The molecule has 8 heteroatoms. The second-order valence-corrected chi connectivity index (χ2v) is 8.41. The predicted molar refractivity (Wildman–Crippen MR) is 124 cm³/mol. The summed E-state index contributed by atoms with van der Waals surface area (Å²) in [7, 11) is 0. The van der Waals surface area contributed by atoms with Crippen LogP contribution in [0.1, 0.15) is 27.7 Å². The van der Waals surface area contributed by atoms with Gasteiger partial charge in [0.15, 0.2) is 0 Å². The smallest absolute Gasteiger partial charge is 0.123 e. The number of rotatable bonds is 13. The van der Waals surface area contributed by atoms with Crippen molar-refractivity contribution in [3.05, 3.63) is 36.4 Å². The van der Waals surface area contributed by atoms with E-state index in [0.29, 0.717) is 35.7 Å². The monoisotopic (exact) mass is 448 g/mol. The highest BCUT2D eigenvalue weighted by Crippen LogP contribution is 2.39. The highest BCUT2D eigenvalue weighted by Gasteiger charge is 2.14. The Bertz CT molecular complexity index is 774. The van der Waals surface area contributed by atoms with Crippen molar-refractivity contribution >= 4 is 0 Å². The minimum atomic E-state index is -0.684. The van der Waals surface area contributed by atoms with Gasteiger partial charge in [0.1, 0.15) is 48.4 Å². The molecule has 2 atom stereocenters. The summed E-state index contributed by atoms with van der Waals surface area (Å²) >= 11 is 0. The molecule has 2 rings (SSSR count). The van der Waals surface area contributed by atoms with Gasteiger partial charge in [0.2, 0.25) is 0 Å². The van der Waals surface area contributed by atoms with Gasteiger partial charge < -0.3 is 40.5 Å². The summed E-state index contributed by atoms with van der Waals surface area (Å²) in [5.41, 5.74) is 0.726. The molecule has 6 N–H and O–H groups in total. The number of hydrogen-bond donors (Lipinski definition) is 6. The average Bonchev–Trinajstić information content (AvgIpc) is 2.75. The number of nitrogens with one attached hydrogen (secondary N) is 2. The number of benzene rings is 2. The van der Waals surface area contributed by atoms with E-state index in [-0.39, 0.29) is 36.8 Å². The van der Waals surface area contributed by atoms with Crippen LogP contribution < -0.4 is 20.1 Å². The number of hydrogen-bond acceptors (Lipinski definition) is 8. The molecular formula is C24H36N2O6. The average molecular weight is 449 g/mol. The molecule has 0 radical (unpaired) electrons. The van der Waals surface area contributed by atoms with Crippen LogP contribution in [-0.4, -0.2) is 71.0 Å². The summed E-state index contributed by atoms with van der Waals surface area (Å²) in [5, 5.41) is 47.0. The van der Waals surface area contributed by atoms with Crippen molar-refractivity contribution in [3.8, 4) is 34.1 Å². The van der Waals surface area contributed by atoms with E-state index in [1.54, 1.807) is 24.3 Å². The summed E-state index contributed by atoms with van der Waals surface area (Å²) in [6, 6.07) is 9.84. The molecule has 8 nitrogen and oxygen atoms in total. The van der Waals surface area contributed by atoms with Gasteiger partial charge >= 0.3 is 0 Å². The van der Waals surface area contributed by atoms with Crippen LogP contribution >= 0.6 is 0 Å². The zero-order chi connectivity index (χ0) is 23.7. The molecule has 0 aliphatic carbocycles. The SMILES string of the molecule is CC(C)NCC(O)COc1ccc(O)c(-c2cc(OCC(O)CNC(C)C)ccc2O)c1. The van der Waals surface area contributed by atoms with Crippen molar-refractivity contribution in [2.24, 2.45) is 0 Å². The lowest BCUT2D eigenvalue weighted by Crippen LogP contribution is -2.35. The van der Waals surface area contributed by atoms with Gasteiger partial charge in [-0.15, -0.1) is 0 Å². The first kappa shape index (κ1) is 25.7. The standard InChI is InChI=1S/C24H36N2O6/c1-15(2)25-11-17(27)13-31-19-5-7-23(29)21(9-19)22-10-20(6-8-24(22)30)32-14-18(28)12-26-16(3)4/h5-10,15-18,25-30H,11-14H2,1-4H3. The number of aromatic hydroxyl groups is 2. The van der Waals surface area contributed by atoms with Crippen LogP contribution in [-0.2, 0) is 0 Å². The van der Waals surface area contributed by atoms with Gasteiger partial charge in [-0.3, -0.25) is 0 Å². The van der Waals surface area contributed by atoms with Gasteiger partial charge in [-0.1, -0.05) is 27.7 Å². The molecule has 0 saturated heterocycles. The quantitative estimate of drug-likeness (QED) is 0.276. The first-order valence-electron chi connectivity index (χ1n) is 10.9. The minimum Gasteiger partial charge on any atom is -0.507 e. The van der Waals surface area contributed by atoms with Crippen LogP contribution in [0.2, 0.25) is 0 Å². The van der Waals surface area contributed by atoms with E-state index in [1.807, 2.05) is 27.7 Å². The third kappa shape index (κ3) is 8.55. The minimum absolute atomic E-state index is 0.0343. The summed E-state index contributed by atoms with van der Waals surface area (Å²) in [5.74, 6) is 0.825. The van der Waals surface area contributed by atoms with Crippen LogP contribution in [0.15, 0.2) is 36.4 Å². The maximum Gasteiger partial charge on any atom is 0.123 e. The molecule has 0 aromatic heterocycles. The molecule has 178 valence electrons. The number of ether oxygens (including phenoxy) is 2. The molecule has 0 bridgehead atoms. The Labute approximate surface area is 189 Å². The Morgan fingerprint density at radius 1 is 0.688 bits per heavy atom. The van der Waals surface area contributed by atoms with Gasteiger partial charge in [0, 0.05) is 36.3 Å². The molecule has 0 aliphatic heterocycles. The zero-order valence-electron chi connectivity index (χ0n) is 19.2. The molecule has 2 unspecified atom stereocenters. The lowest BCUT2D eigenvalue weighted by atomic mass is 10.0. The van der Waals surface area contributed by atoms with E-state index in [9.17, 15) is 20.4 Å². The Morgan fingerprint density at radius 3 is 1.41 bits per heavy atom. The van der Waals surface area contributed by atoms with E-state index < -0.39 is 12.2 Å². The summed E-state index contributed by atoms with van der Waals surface area (Å²) in [4.78, 5) is 0. The third-order valence-corrected chi connectivity index (χ3v) is 4.63. The molecule has 32 heavy (non-hydrogen) atoms. The second kappa shape index (κ2) is 12.5. The van der Waals surface area contributed by atoms with E-state index in [2.05, 4.69) is 10.6 Å². The van der Waals surface area contributed by atoms with Crippen LogP contribution in [0.4, 0.5) is 0 Å². The molecule has 0 amide bonds. The molecular weight excluding hydrogens is 412 g/mol. The molecule has 0 aliphatic rings. The first-order valence-corrected chi connectivity index (χ1v) is 10.9. The van der Waals surface area contributed by atoms with E-state index >= 15 is 0 Å². The third-order valence-electron chi connectivity index (χ3n) is 4.63. The summed E-state index contributed by atoms with van der Waals surface area (Å²) < 4.78 is 11.3. The van der Waals surface area contributed by atoms with Crippen molar-refractivity contribution in [2.45, 2.75) is 52.0 Å². The number of aliphatic hydroxyl groups is 2. The Hall–Kier alpha value is -2.52. The maximum absolute atomic E-state index is 10.4. The van der Waals surface area contributed by atoms with E-state index in [0.717, 1.165) is 0 Å². The number of phenolic OH excluding ortho intramolecular Hbond substituents is 2. The van der Waals surface area contributed by atoms with Gasteiger partial charge in [0.05, 0.1) is 0 Å².